The van der Waals surface area contributed by atoms with Gasteiger partial charge in [0.25, 0.3) is 0 Å². The fourth-order valence-electron chi connectivity index (χ4n) is 4.37. The zero-order chi connectivity index (χ0) is 25.4. The third-order valence-electron chi connectivity index (χ3n) is 5.98. The zero-order valence-corrected chi connectivity index (χ0v) is 20.4. The monoisotopic (exact) mass is 490 g/mol. The highest BCUT2D eigenvalue weighted by molar-refractivity contribution is 5.86. The minimum atomic E-state index is -0.472. The van der Waals surface area contributed by atoms with Crippen molar-refractivity contribution in [2.45, 2.75) is 26.6 Å². The van der Waals surface area contributed by atoms with Crippen molar-refractivity contribution >= 4 is 22.9 Å². The van der Waals surface area contributed by atoms with E-state index in [0.717, 1.165) is 22.9 Å². The lowest BCUT2D eigenvalue weighted by Gasteiger charge is -2.18. The summed E-state index contributed by atoms with van der Waals surface area (Å²) >= 11 is 0. The number of anilines is 1. The van der Waals surface area contributed by atoms with E-state index in [4.69, 9.17) is 10.5 Å². The predicted octanol–water partition coefficient (Wildman–Crippen LogP) is 2.46. The first-order chi connectivity index (χ1) is 17.3. The molecule has 36 heavy (non-hydrogen) atoms. The lowest BCUT2D eigenvalue weighted by atomic mass is 10.1. The number of pyridine rings is 1. The summed E-state index contributed by atoms with van der Waals surface area (Å²) in [5.74, 6) is 0.266. The Kier molecular flexibility index (Phi) is 6.23. The Balaban J connectivity index is 1.54. The molecule has 1 amide bonds. The molecule has 0 radical (unpaired) electrons. The molecular formula is C25H27FN8O2. The Morgan fingerprint density at radius 1 is 1.14 bits per heavy atom. The minimum absolute atomic E-state index is 0.0925. The number of hydrogen-bond acceptors (Lipinski definition) is 8. The van der Waals surface area contributed by atoms with Gasteiger partial charge in [0.05, 0.1) is 25.9 Å². The molecule has 0 aliphatic carbocycles. The molecule has 1 aliphatic heterocycles. The van der Waals surface area contributed by atoms with Crippen LogP contribution in [0.4, 0.5) is 10.2 Å². The molecule has 0 saturated heterocycles. The smallest absolute Gasteiger partial charge is 0.320 e. The van der Waals surface area contributed by atoms with Gasteiger partial charge >= 0.3 is 6.01 Å². The van der Waals surface area contributed by atoms with Crippen LogP contribution in [0.3, 0.4) is 0 Å². The quantitative estimate of drug-likeness (QED) is 0.420. The number of carbonyl (C=O) groups excluding carboxylic acids is 1. The number of benzene rings is 1. The summed E-state index contributed by atoms with van der Waals surface area (Å²) in [7, 11) is 3.77. The van der Waals surface area contributed by atoms with E-state index in [1.807, 2.05) is 47.5 Å². The van der Waals surface area contributed by atoms with Crippen LogP contribution < -0.4 is 10.5 Å². The number of nitrogens with zero attached hydrogens (tertiary/aromatic N) is 7. The van der Waals surface area contributed by atoms with Crippen LogP contribution in [-0.2, 0) is 24.4 Å². The number of likely N-dealkylation sites (N-methyl/N-ethyl adjacent to an activating group) is 1. The second kappa shape index (κ2) is 9.50. The molecule has 0 atom stereocenters. The highest BCUT2D eigenvalue weighted by atomic mass is 19.1. The van der Waals surface area contributed by atoms with Crippen LogP contribution in [0.25, 0.3) is 22.6 Å². The van der Waals surface area contributed by atoms with Crippen LogP contribution in [-0.4, -0.2) is 67.5 Å². The van der Waals surface area contributed by atoms with Gasteiger partial charge in [0, 0.05) is 24.8 Å². The maximum atomic E-state index is 14.0. The zero-order valence-electron chi connectivity index (χ0n) is 20.4. The first kappa shape index (κ1) is 23.6. The van der Waals surface area contributed by atoms with Crippen molar-refractivity contribution in [3.8, 4) is 17.4 Å². The largest absolute Gasteiger partial charge is 0.464 e. The number of imidazole rings is 1. The van der Waals surface area contributed by atoms with Crippen molar-refractivity contribution in [1.82, 2.24) is 34.3 Å². The van der Waals surface area contributed by atoms with Crippen molar-refractivity contribution in [2.75, 3.05) is 33.0 Å². The number of nitrogens with two attached hydrogens (primary N) is 1. The first-order valence-electron chi connectivity index (χ1n) is 11.6. The summed E-state index contributed by atoms with van der Waals surface area (Å²) in [6.45, 7) is 4.14. The van der Waals surface area contributed by atoms with E-state index >= 15 is 0 Å². The molecule has 0 spiro atoms. The van der Waals surface area contributed by atoms with Crippen LogP contribution in [0, 0.1) is 5.82 Å². The number of amides is 1. The summed E-state index contributed by atoms with van der Waals surface area (Å²) < 4.78 is 21.4. The first-order valence-corrected chi connectivity index (χ1v) is 11.6. The SMILES string of the molecule is CCOc1nc(N)c2nc(-c3cncc(F)c3)n(Cc3ccc4c(c3)CN(C(=O)CN(C)C)C4)c2n1. The molecular weight excluding hydrogens is 463 g/mol. The summed E-state index contributed by atoms with van der Waals surface area (Å²) in [5, 5.41) is 0. The third kappa shape index (κ3) is 4.57. The molecule has 1 aromatic carbocycles. The molecule has 0 bridgehead atoms. The second-order valence-electron chi connectivity index (χ2n) is 9.00. The van der Waals surface area contributed by atoms with Crippen molar-refractivity contribution in [3.05, 3.63) is 59.2 Å². The molecule has 0 saturated carbocycles. The minimum Gasteiger partial charge on any atom is -0.464 e. The number of nitrogen functional groups attached to an aromatic ring is 1. The van der Waals surface area contributed by atoms with E-state index in [0.29, 0.717) is 55.3 Å². The lowest BCUT2D eigenvalue weighted by molar-refractivity contribution is -0.132. The highest BCUT2D eigenvalue weighted by Crippen LogP contribution is 2.30. The Labute approximate surface area is 207 Å². The van der Waals surface area contributed by atoms with Gasteiger partial charge in [-0.25, -0.2) is 9.37 Å². The number of ether oxygens (including phenoxy) is 1. The lowest BCUT2D eigenvalue weighted by Crippen LogP contribution is -2.34. The number of fused-ring (bicyclic) bond motifs is 2. The fourth-order valence-corrected chi connectivity index (χ4v) is 4.37. The highest BCUT2D eigenvalue weighted by Gasteiger charge is 2.25. The van der Waals surface area contributed by atoms with Crippen molar-refractivity contribution in [3.63, 3.8) is 0 Å². The van der Waals surface area contributed by atoms with Gasteiger partial charge in [-0.05, 0) is 43.8 Å². The summed E-state index contributed by atoms with van der Waals surface area (Å²) in [5.41, 5.74) is 10.8. The fraction of sp³-hybridized carbons (Fsp3) is 0.320. The molecule has 2 N–H and O–H groups in total. The molecule has 3 aromatic heterocycles. The topological polar surface area (TPSA) is 115 Å². The van der Waals surface area contributed by atoms with E-state index in [1.165, 1.54) is 6.07 Å². The van der Waals surface area contributed by atoms with Crippen molar-refractivity contribution in [1.29, 1.82) is 0 Å². The van der Waals surface area contributed by atoms with Gasteiger partial charge in [0.15, 0.2) is 17.0 Å². The van der Waals surface area contributed by atoms with Crippen LogP contribution >= 0.6 is 0 Å². The van der Waals surface area contributed by atoms with Crippen LogP contribution in [0.5, 0.6) is 6.01 Å². The number of rotatable bonds is 7. The second-order valence-corrected chi connectivity index (χ2v) is 9.00. The molecule has 0 fully saturated rings. The molecule has 1 aliphatic rings. The van der Waals surface area contributed by atoms with E-state index < -0.39 is 5.82 Å². The van der Waals surface area contributed by atoms with Crippen LogP contribution in [0.1, 0.15) is 23.6 Å². The number of carbonyl (C=O) groups is 1. The van der Waals surface area contributed by atoms with Crippen molar-refractivity contribution < 1.29 is 13.9 Å². The van der Waals surface area contributed by atoms with Gasteiger partial charge in [0.2, 0.25) is 5.91 Å². The standard InChI is InChI=1S/C25H27FN8O2/c1-4-36-25-30-22(27)21-24(31-25)34(23(29-21)17-8-19(26)10-28-9-17)11-15-5-6-16-12-33(13-18(16)7-15)20(35)14-32(2)3/h5-10H,4,11-14H2,1-3H3,(H2,27,30,31). The number of hydrogen-bond donors (Lipinski definition) is 1. The molecule has 186 valence electrons. The van der Waals surface area contributed by atoms with Gasteiger partial charge in [-0.1, -0.05) is 18.2 Å². The van der Waals surface area contributed by atoms with Gasteiger partial charge < -0.3 is 24.8 Å². The van der Waals surface area contributed by atoms with E-state index in [2.05, 4.69) is 26.0 Å². The number of aromatic nitrogens is 5. The van der Waals surface area contributed by atoms with Gasteiger partial charge in [-0.2, -0.15) is 9.97 Å². The third-order valence-corrected chi connectivity index (χ3v) is 5.98. The molecule has 0 unspecified atom stereocenters. The molecule has 10 nitrogen and oxygen atoms in total. The Hall–Kier alpha value is -4.12. The molecule has 4 heterocycles. The predicted molar refractivity (Wildman–Crippen MR) is 132 cm³/mol. The maximum Gasteiger partial charge on any atom is 0.320 e. The number of halogens is 1. The van der Waals surface area contributed by atoms with Crippen LogP contribution in [0.15, 0.2) is 36.7 Å². The van der Waals surface area contributed by atoms with Gasteiger partial charge in [0.1, 0.15) is 11.6 Å². The van der Waals surface area contributed by atoms with E-state index in [-0.39, 0.29) is 17.7 Å². The molecule has 4 aromatic rings. The summed E-state index contributed by atoms with van der Waals surface area (Å²) in [4.78, 5) is 33.6. The van der Waals surface area contributed by atoms with Gasteiger partial charge in [-0.15, -0.1) is 0 Å². The normalized spacial score (nSPS) is 13.0. The van der Waals surface area contributed by atoms with E-state index in [1.54, 1.807) is 6.20 Å². The average molecular weight is 491 g/mol. The summed E-state index contributed by atoms with van der Waals surface area (Å²) in [6.07, 6.45) is 2.69. The Morgan fingerprint density at radius 3 is 2.69 bits per heavy atom. The average Bonchev–Trinajstić information content (AvgIpc) is 3.41. The summed E-state index contributed by atoms with van der Waals surface area (Å²) in [6, 6.07) is 7.68. The van der Waals surface area contributed by atoms with E-state index in [9.17, 15) is 9.18 Å². The molecule has 5 rings (SSSR count). The maximum absolute atomic E-state index is 14.0. The molecule has 11 heteroatoms. The van der Waals surface area contributed by atoms with Crippen LogP contribution in [0.2, 0.25) is 0 Å². The van der Waals surface area contributed by atoms with Crippen molar-refractivity contribution in [2.24, 2.45) is 0 Å². The van der Waals surface area contributed by atoms with Gasteiger partial charge in [-0.3, -0.25) is 9.78 Å². The Morgan fingerprint density at radius 2 is 1.94 bits per heavy atom. The Bertz CT molecular complexity index is 1450.